The number of benzene rings is 2. The van der Waals surface area contributed by atoms with E-state index in [2.05, 4.69) is 5.32 Å². The third-order valence-corrected chi connectivity index (χ3v) is 4.13. The van der Waals surface area contributed by atoms with Crippen LogP contribution in [0.3, 0.4) is 0 Å². The van der Waals surface area contributed by atoms with Crippen LogP contribution in [0.2, 0.25) is 0 Å². The monoisotopic (exact) mass is 327 g/mol. The molecule has 0 saturated carbocycles. The zero-order valence-electron chi connectivity index (χ0n) is 13.7. The van der Waals surface area contributed by atoms with E-state index in [4.69, 9.17) is 4.74 Å². The Morgan fingerprint density at radius 3 is 2.12 bits per heavy atom. The molecule has 1 amide bonds. The van der Waals surface area contributed by atoms with Gasteiger partial charge in [-0.3, -0.25) is 9.59 Å². The fraction of sp³-hybridized carbons (Fsp3) is 0.263. The Morgan fingerprint density at radius 2 is 1.62 bits per heavy atom. The summed E-state index contributed by atoms with van der Waals surface area (Å²) in [5.41, 5.74) is 0.168. The molecule has 2 aromatic carbocycles. The maximum atomic E-state index is 12.6. The third-order valence-electron chi connectivity index (χ3n) is 4.13. The van der Waals surface area contributed by atoms with Crippen LogP contribution in [0.1, 0.15) is 24.0 Å². The highest BCUT2D eigenvalue weighted by Gasteiger charge is 2.35. The predicted molar refractivity (Wildman–Crippen MR) is 90.6 cm³/mol. The number of hydrogen-bond donors (Lipinski definition) is 2. The molecule has 2 N–H and O–H groups in total. The minimum absolute atomic E-state index is 0.00996. The number of amides is 1. The van der Waals surface area contributed by atoms with Crippen molar-refractivity contribution in [3.05, 3.63) is 71.8 Å². The Labute approximate surface area is 141 Å². The second-order valence-electron chi connectivity index (χ2n) is 5.61. The van der Waals surface area contributed by atoms with Gasteiger partial charge in [0.1, 0.15) is 0 Å². The van der Waals surface area contributed by atoms with E-state index in [1.54, 1.807) is 43.3 Å². The summed E-state index contributed by atoms with van der Waals surface area (Å²) < 4.78 is 5.42. The van der Waals surface area contributed by atoms with E-state index in [9.17, 15) is 14.7 Å². The molecule has 0 aliphatic heterocycles. The average Bonchev–Trinajstić information content (AvgIpc) is 2.62. The Balaban J connectivity index is 2.14. The van der Waals surface area contributed by atoms with Gasteiger partial charge in [-0.2, -0.15) is 0 Å². The number of carboxylic acids is 1. The standard InChI is InChI=1S/C19H21NO4/c1-19(24-2,15-11-7-4-8-12-15)18(23)20-13-16(17(21)22)14-9-5-3-6-10-14/h3-12,16H,13H2,1-2H3,(H,20,23)(H,21,22). The van der Waals surface area contributed by atoms with Gasteiger partial charge < -0.3 is 15.2 Å². The number of methoxy groups -OCH3 is 1. The van der Waals surface area contributed by atoms with Crippen molar-refractivity contribution in [2.45, 2.75) is 18.4 Å². The second-order valence-corrected chi connectivity index (χ2v) is 5.61. The number of rotatable bonds is 7. The van der Waals surface area contributed by atoms with Gasteiger partial charge in [-0.05, 0) is 18.1 Å². The van der Waals surface area contributed by atoms with E-state index in [0.717, 1.165) is 0 Å². The lowest BCUT2D eigenvalue weighted by Gasteiger charge is -2.28. The summed E-state index contributed by atoms with van der Waals surface area (Å²) in [7, 11) is 1.46. The minimum atomic E-state index is -1.18. The zero-order chi connectivity index (χ0) is 17.6. The van der Waals surface area contributed by atoms with Crippen LogP contribution in [0.5, 0.6) is 0 Å². The summed E-state index contributed by atoms with van der Waals surface area (Å²) in [5, 5.41) is 12.1. The lowest BCUT2D eigenvalue weighted by molar-refractivity contribution is -0.143. The summed E-state index contributed by atoms with van der Waals surface area (Å²) in [6.45, 7) is 1.65. The first-order chi connectivity index (χ1) is 11.5. The normalized spacial score (nSPS) is 14.4. The summed E-state index contributed by atoms with van der Waals surface area (Å²) in [6.07, 6.45) is 0. The van der Waals surface area contributed by atoms with Gasteiger partial charge in [-0.25, -0.2) is 0 Å². The van der Waals surface area contributed by atoms with Crippen molar-refractivity contribution in [3.63, 3.8) is 0 Å². The van der Waals surface area contributed by atoms with Crippen LogP contribution in [0.15, 0.2) is 60.7 Å². The van der Waals surface area contributed by atoms with Gasteiger partial charge in [0.2, 0.25) is 0 Å². The second kappa shape index (κ2) is 7.75. The molecular weight excluding hydrogens is 306 g/mol. The molecule has 0 aromatic heterocycles. The summed E-state index contributed by atoms with van der Waals surface area (Å²) >= 11 is 0. The molecule has 0 spiro atoms. The number of hydrogen-bond acceptors (Lipinski definition) is 3. The van der Waals surface area contributed by atoms with E-state index >= 15 is 0 Å². The van der Waals surface area contributed by atoms with Crippen LogP contribution in [-0.2, 0) is 19.9 Å². The van der Waals surface area contributed by atoms with Crippen molar-refractivity contribution in [2.24, 2.45) is 0 Å². The van der Waals surface area contributed by atoms with Crippen molar-refractivity contribution in [3.8, 4) is 0 Å². The number of aliphatic carboxylic acids is 1. The van der Waals surface area contributed by atoms with Crippen LogP contribution in [0.25, 0.3) is 0 Å². The molecule has 5 nitrogen and oxygen atoms in total. The number of nitrogens with one attached hydrogen (secondary N) is 1. The van der Waals surface area contributed by atoms with E-state index in [-0.39, 0.29) is 12.5 Å². The summed E-state index contributed by atoms with van der Waals surface area (Å²) in [6, 6.07) is 17.9. The molecule has 0 fully saturated rings. The zero-order valence-corrected chi connectivity index (χ0v) is 13.7. The molecule has 2 unspecified atom stereocenters. The molecule has 0 aliphatic rings. The van der Waals surface area contributed by atoms with Crippen molar-refractivity contribution in [2.75, 3.05) is 13.7 Å². The van der Waals surface area contributed by atoms with E-state index in [0.29, 0.717) is 11.1 Å². The Morgan fingerprint density at radius 1 is 1.08 bits per heavy atom. The van der Waals surface area contributed by atoms with E-state index in [1.807, 2.05) is 24.3 Å². The van der Waals surface area contributed by atoms with Gasteiger partial charge in [-0.15, -0.1) is 0 Å². The maximum Gasteiger partial charge on any atom is 0.312 e. The molecule has 24 heavy (non-hydrogen) atoms. The van der Waals surface area contributed by atoms with Crippen LogP contribution in [0.4, 0.5) is 0 Å². The summed E-state index contributed by atoms with van der Waals surface area (Å²) in [4.78, 5) is 24.1. The molecule has 2 rings (SSSR count). The maximum absolute atomic E-state index is 12.6. The third kappa shape index (κ3) is 3.81. The molecule has 2 aromatic rings. The first kappa shape index (κ1) is 17.7. The average molecular weight is 327 g/mol. The van der Waals surface area contributed by atoms with E-state index in [1.165, 1.54) is 7.11 Å². The fourth-order valence-electron chi connectivity index (χ4n) is 2.49. The van der Waals surface area contributed by atoms with Gasteiger partial charge in [0.15, 0.2) is 5.60 Å². The quantitative estimate of drug-likeness (QED) is 0.819. The molecule has 2 atom stereocenters. The number of carbonyl (C=O) groups is 2. The van der Waals surface area contributed by atoms with Gasteiger partial charge in [0, 0.05) is 13.7 Å². The summed E-state index contributed by atoms with van der Waals surface area (Å²) in [5.74, 6) is -2.18. The first-order valence-corrected chi connectivity index (χ1v) is 7.65. The van der Waals surface area contributed by atoms with Crippen LogP contribution in [0, 0.1) is 0 Å². The molecule has 5 heteroatoms. The van der Waals surface area contributed by atoms with Gasteiger partial charge >= 0.3 is 5.97 Å². The number of ether oxygens (including phenoxy) is 1. The highest BCUT2D eigenvalue weighted by molar-refractivity contribution is 5.87. The number of carboxylic acid groups (broad SMARTS) is 1. The van der Waals surface area contributed by atoms with Crippen LogP contribution >= 0.6 is 0 Å². The van der Waals surface area contributed by atoms with Crippen LogP contribution < -0.4 is 5.32 Å². The molecule has 0 saturated heterocycles. The van der Waals surface area contributed by atoms with Crippen LogP contribution in [-0.4, -0.2) is 30.6 Å². The van der Waals surface area contributed by atoms with Gasteiger partial charge in [0.05, 0.1) is 5.92 Å². The Hall–Kier alpha value is -2.66. The highest BCUT2D eigenvalue weighted by Crippen LogP contribution is 2.25. The molecule has 0 aliphatic carbocycles. The van der Waals surface area contributed by atoms with Crippen molar-refractivity contribution < 1.29 is 19.4 Å². The molecule has 126 valence electrons. The van der Waals surface area contributed by atoms with Gasteiger partial charge in [-0.1, -0.05) is 60.7 Å². The first-order valence-electron chi connectivity index (χ1n) is 7.65. The molecular formula is C19H21NO4. The lowest BCUT2D eigenvalue weighted by atomic mass is 9.93. The minimum Gasteiger partial charge on any atom is -0.481 e. The Bertz CT molecular complexity index is 687. The molecule has 0 bridgehead atoms. The smallest absolute Gasteiger partial charge is 0.312 e. The fourth-order valence-corrected chi connectivity index (χ4v) is 2.49. The molecule has 0 heterocycles. The van der Waals surface area contributed by atoms with Crippen molar-refractivity contribution >= 4 is 11.9 Å². The predicted octanol–water partition coefficient (Wildman–Crippen LogP) is 2.53. The SMILES string of the molecule is COC(C)(C(=O)NCC(C(=O)O)c1ccccc1)c1ccccc1. The Kier molecular flexibility index (Phi) is 5.71. The number of carbonyl (C=O) groups excluding carboxylic acids is 1. The molecule has 0 radical (unpaired) electrons. The largest absolute Gasteiger partial charge is 0.481 e. The highest BCUT2D eigenvalue weighted by atomic mass is 16.5. The van der Waals surface area contributed by atoms with Gasteiger partial charge in [0.25, 0.3) is 5.91 Å². The topological polar surface area (TPSA) is 75.6 Å². The van der Waals surface area contributed by atoms with E-state index < -0.39 is 17.5 Å². The van der Waals surface area contributed by atoms with Crippen molar-refractivity contribution in [1.82, 2.24) is 5.32 Å². The van der Waals surface area contributed by atoms with Crippen molar-refractivity contribution in [1.29, 1.82) is 0 Å². The lowest BCUT2D eigenvalue weighted by Crippen LogP contribution is -2.45.